The van der Waals surface area contributed by atoms with Crippen molar-refractivity contribution in [3.63, 3.8) is 0 Å². The smallest absolute Gasteiger partial charge is 0.255 e. The number of benzene rings is 2. The zero-order chi connectivity index (χ0) is 14.5. The van der Waals surface area contributed by atoms with Gasteiger partial charge >= 0.3 is 0 Å². The summed E-state index contributed by atoms with van der Waals surface area (Å²) in [5.41, 5.74) is 7.45. The zero-order valence-corrected chi connectivity index (χ0v) is 12.8. The maximum atomic E-state index is 12.0. The summed E-state index contributed by atoms with van der Waals surface area (Å²) < 4.78 is 0.933. The number of carbonyl (C=O) groups is 1. The van der Waals surface area contributed by atoms with Crippen LogP contribution in [0.15, 0.2) is 53.0 Å². The van der Waals surface area contributed by atoms with Crippen molar-refractivity contribution in [1.82, 2.24) is 0 Å². The minimum Gasteiger partial charge on any atom is -0.376 e. The molecule has 0 radical (unpaired) electrons. The highest BCUT2D eigenvalue weighted by atomic mass is 79.9. The van der Waals surface area contributed by atoms with Crippen molar-refractivity contribution in [2.45, 2.75) is 0 Å². The third-order valence-electron chi connectivity index (χ3n) is 2.52. The van der Waals surface area contributed by atoms with Crippen LogP contribution in [0.2, 0.25) is 0 Å². The number of carbonyl (C=O) groups excluding carboxylic acids is 1. The highest BCUT2D eigenvalue weighted by Crippen LogP contribution is 2.15. The second kappa shape index (κ2) is 6.49. The number of nitrogens with two attached hydrogens (primary N) is 1. The molecule has 0 spiro atoms. The van der Waals surface area contributed by atoms with Gasteiger partial charge in [-0.1, -0.05) is 15.9 Å². The highest BCUT2D eigenvalue weighted by molar-refractivity contribution is 9.10. The van der Waals surface area contributed by atoms with Gasteiger partial charge in [0, 0.05) is 21.4 Å². The lowest BCUT2D eigenvalue weighted by Crippen LogP contribution is -2.18. The molecular formula is C14H12BrN3OS. The van der Waals surface area contributed by atoms with Gasteiger partial charge in [-0.15, -0.1) is 0 Å². The van der Waals surface area contributed by atoms with Gasteiger partial charge in [-0.3, -0.25) is 4.79 Å². The summed E-state index contributed by atoms with van der Waals surface area (Å²) in [6, 6.07) is 14.3. The minimum atomic E-state index is -0.160. The van der Waals surface area contributed by atoms with E-state index in [1.807, 2.05) is 12.1 Å². The molecule has 102 valence electrons. The maximum Gasteiger partial charge on any atom is 0.255 e. The minimum absolute atomic E-state index is 0.160. The molecule has 2 aromatic carbocycles. The summed E-state index contributed by atoms with van der Waals surface area (Å²) in [6.07, 6.45) is 0. The van der Waals surface area contributed by atoms with E-state index < -0.39 is 0 Å². The monoisotopic (exact) mass is 349 g/mol. The van der Waals surface area contributed by atoms with Crippen LogP contribution in [0, 0.1) is 0 Å². The summed E-state index contributed by atoms with van der Waals surface area (Å²) in [6.45, 7) is 0. The molecule has 2 aromatic rings. The van der Waals surface area contributed by atoms with E-state index in [1.54, 1.807) is 36.4 Å². The van der Waals surface area contributed by atoms with Gasteiger partial charge in [0.05, 0.1) is 0 Å². The molecule has 0 atom stereocenters. The highest BCUT2D eigenvalue weighted by Gasteiger charge is 2.05. The molecule has 6 heteroatoms. The number of hydrogen-bond acceptors (Lipinski definition) is 2. The SMILES string of the molecule is NC(=S)Nc1ccc(NC(=O)c2ccc(Br)cc2)cc1. The first kappa shape index (κ1) is 14.5. The van der Waals surface area contributed by atoms with Crippen LogP contribution in [0.4, 0.5) is 11.4 Å². The molecule has 0 unspecified atom stereocenters. The summed E-state index contributed by atoms with van der Waals surface area (Å²) in [5.74, 6) is -0.160. The Morgan fingerprint density at radius 2 is 1.45 bits per heavy atom. The van der Waals surface area contributed by atoms with E-state index in [9.17, 15) is 4.79 Å². The van der Waals surface area contributed by atoms with Crippen LogP contribution in [-0.2, 0) is 0 Å². The van der Waals surface area contributed by atoms with Crippen molar-refractivity contribution in [3.05, 3.63) is 58.6 Å². The van der Waals surface area contributed by atoms with E-state index in [-0.39, 0.29) is 11.0 Å². The molecule has 2 rings (SSSR count). The third-order valence-corrected chi connectivity index (χ3v) is 3.15. The number of thiocarbonyl (C=S) groups is 1. The Bertz CT molecular complexity index is 626. The van der Waals surface area contributed by atoms with Gasteiger partial charge in [-0.05, 0) is 60.7 Å². The van der Waals surface area contributed by atoms with Crippen molar-refractivity contribution in [1.29, 1.82) is 0 Å². The Labute approximate surface area is 130 Å². The number of nitrogens with one attached hydrogen (secondary N) is 2. The summed E-state index contributed by atoms with van der Waals surface area (Å²) in [4.78, 5) is 12.0. The van der Waals surface area contributed by atoms with Crippen molar-refractivity contribution in [3.8, 4) is 0 Å². The van der Waals surface area contributed by atoms with Crippen LogP contribution >= 0.6 is 28.1 Å². The number of anilines is 2. The van der Waals surface area contributed by atoms with Crippen LogP contribution in [0.25, 0.3) is 0 Å². The van der Waals surface area contributed by atoms with Crippen LogP contribution in [0.1, 0.15) is 10.4 Å². The van der Waals surface area contributed by atoms with Crippen molar-refractivity contribution in [2.24, 2.45) is 5.73 Å². The topological polar surface area (TPSA) is 67.2 Å². The van der Waals surface area contributed by atoms with E-state index in [0.717, 1.165) is 10.2 Å². The lowest BCUT2D eigenvalue weighted by molar-refractivity contribution is 0.102. The second-order valence-electron chi connectivity index (χ2n) is 4.03. The average Bonchev–Trinajstić information content (AvgIpc) is 2.41. The molecule has 0 aliphatic carbocycles. The standard InChI is InChI=1S/C14H12BrN3OS/c15-10-3-1-9(2-4-10)13(19)17-11-5-7-12(8-6-11)18-14(16)20/h1-8H,(H,17,19)(H3,16,18,20). The van der Waals surface area contributed by atoms with Crippen molar-refractivity contribution >= 4 is 50.5 Å². The fraction of sp³-hybridized carbons (Fsp3) is 0. The second-order valence-corrected chi connectivity index (χ2v) is 5.38. The Balaban J connectivity index is 2.04. The van der Waals surface area contributed by atoms with Gasteiger partial charge in [0.1, 0.15) is 0 Å². The first-order valence-corrected chi connectivity index (χ1v) is 6.98. The zero-order valence-electron chi connectivity index (χ0n) is 10.4. The van der Waals surface area contributed by atoms with E-state index in [1.165, 1.54) is 0 Å². The van der Waals surface area contributed by atoms with Gasteiger partial charge in [0.15, 0.2) is 5.11 Å². The van der Waals surface area contributed by atoms with Crippen LogP contribution < -0.4 is 16.4 Å². The Morgan fingerprint density at radius 3 is 1.95 bits per heavy atom. The average molecular weight is 350 g/mol. The molecule has 4 N–H and O–H groups in total. The fourth-order valence-corrected chi connectivity index (χ4v) is 1.97. The molecule has 0 fully saturated rings. The van der Waals surface area contributed by atoms with Gasteiger partial charge < -0.3 is 16.4 Å². The predicted octanol–water partition coefficient (Wildman–Crippen LogP) is 3.36. The lowest BCUT2D eigenvalue weighted by atomic mass is 10.2. The molecule has 20 heavy (non-hydrogen) atoms. The molecule has 0 aliphatic rings. The maximum absolute atomic E-state index is 12.0. The van der Waals surface area contributed by atoms with Gasteiger partial charge in [-0.2, -0.15) is 0 Å². The Morgan fingerprint density at radius 1 is 0.950 bits per heavy atom. The molecule has 0 aliphatic heterocycles. The van der Waals surface area contributed by atoms with Crippen LogP contribution in [0.3, 0.4) is 0 Å². The first-order valence-electron chi connectivity index (χ1n) is 5.78. The normalized spacial score (nSPS) is 9.85. The Kier molecular flexibility index (Phi) is 4.70. The van der Waals surface area contributed by atoms with Crippen LogP contribution in [-0.4, -0.2) is 11.0 Å². The Hall–Kier alpha value is -1.92. The number of hydrogen-bond donors (Lipinski definition) is 3. The number of rotatable bonds is 3. The third kappa shape index (κ3) is 4.04. The summed E-state index contributed by atoms with van der Waals surface area (Å²) in [7, 11) is 0. The lowest BCUT2D eigenvalue weighted by Gasteiger charge is -2.07. The quantitative estimate of drug-likeness (QED) is 0.743. The van der Waals surface area contributed by atoms with Crippen molar-refractivity contribution < 1.29 is 4.79 Å². The summed E-state index contributed by atoms with van der Waals surface area (Å²) >= 11 is 8.08. The molecule has 4 nitrogen and oxygen atoms in total. The van der Waals surface area contributed by atoms with E-state index in [0.29, 0.717) is 11.3 Å². The van der Waals surface area contributed by atoms with E-state index in [2.05, 4.69) is 26.6 Å². The molecular weight excluding hydrogens is 338 g/mol. The van der Waals surface area contributed by atoms with E-state index >= 15 is 0 Å². The molecule has 0 bridgehead atoms. The fourth-order valence-electron chi connectivity index (χ4n) is 1.58. The molecule has 1 amide bonds. The number of halogens is 1. The van der Waals surface area contributed by atoms with Crippen LogP contribution in [0.5, 0.6) is 0 Å². The molecule has 0 aromatic heterocycles. The molecule has 0 saturated carbocycles. The van der Waals surface area contributed by atoms with Gasteiger partial charge in [0.25, 0.3) is 5.91 Å². The van der Waals surface area contributed by atoms with Crippen molar-refractivity contribution in [2.75, 3.05) is 10.6 Å². The molecule has 0 saturated heterocycles. The summed E-state index contributed by atoms with van der Waals surface area (Å²) in [5, 5.41) is 5.83. The number of amides is 1. The largest absolute Gasteiger partial charge is 0.376 e. The molecule has 0 heterocycles. The van der Waals surface area contributed by atoms with E-state index in [4.69, 9.17) is 18.0 Å². The predicted molar refractivity (Wildman–Crippen MR) is 88.9 cm³/mol. The van der Waals surface area contributed by atoms with Gasteiger partial charge in [-0.25, -0.2) is 0 Å². The van der Waals surface area contributed by atoms with Gasteiger partial charge in [0.2, 0.25) is 0 Å². The first-order chi connectivity index (χ1) is 9.54.